The molecular formula is C30H40N4O6. The molecule has 0 saturated carbocycles. The molecule has 0 bridgehead atoms. The Labute approximate surface area is 236 Å². The third-order valence-electron chi connectivity index (χ3n) is 6.42. The van der Waals surface area contributed by atoms with Gasteiger partial charge < -0.3 is 19.9 Å². The smallest absolute Gasteiger partial charge is 0.337 e. The number of para-hydroxylation sites is 1. The van der Waals surface area contributed by atoms with Gasteiger partial charge >= 0.3 is 5.97 Å². The van der Waals surface area contributed by atoms with Crippen molar-refractivity contribution in [1.29, 1.82) is 0 Å². The first-order valence-corrected chi connectivity index (χ1v) is 13.6. The van der Waals surface area contributed by atoms with Gasteiger partial charge in [-0.15, -0.1) is 0 Å². The Morgan fingerprint density at radius 2 is 1.57 bits per heavy atom. The largest absolute Gasteiger partial charge is 0.462 e. The third-order valence-corrected chi connectivity index (χ3v) is 6.42. The van der Waals surface area contributed by atoms with Crippen molar-refractivity contribution in [3.05, 3.63) is 87.5 Å². The number of nitro benzene ring substituents is 1. The van der Waals surface area contributed by atoms with Crippen molar-refractivity contribution in [2.75, 3.05) is 20.7 Å². The van der Waals surface area contributed by atoms with E-state index in [0.29, 0.717) is 6.42 Å². The fourth-order valence-electron chi connectivity index (χ4n) is 4.41. The Hall–Kier alpha value is -4.21. The van der Waals surface area contributed by atoms with Gasteiger partial charge in [-0.25, -0.2) is 4.79 Å². The molecule has 1 aliphatic heterocycles. The molecule has 0 aliphatic carbocycles. The summed E-state index contributed by atoms with van der Waals surface area (Å²) in [5.74, 6) is -2.94. The molecule has 1 N–H and O–H groups in total. The van der Waals surface area contributed by atoms with Crippen LogP contribution in [-0.2, 0) is 19.1 Å². The Morgan fingerprint density at radius 3 is 2.20 bits per heavy atom. The highest BCUT2D eigenvalue weighted by Gasteiger charge is 2.38. The second-order valence-corrected chi connectivity index (χ2v) is 9.49. The monoisotopic (exact) mass is 552 g/mol. The lowest BCUT2D eigenvalue weighted by Crippen LogP contribution is -2.40. The van der Waals surface area contributed by atoms with E-state index in [4.69, 9.17) is 4.74 Å². The number of rotatable bonds is 14. The van der Waals surface area contributed by atoms with Crippen LogP contribution in [0.5, 0.6) is 0 Å². The van der Waals surface area contributed by atoms with E-state index < -0.39 is 28.6 Å². The van der Waals surface area contributed by atoms with Gasteiger partial charge in [-0.2, -0.15) is 0 Å². The van der Waals surface area contributed by atoms with Crippen molar-refractivity contribution in [1.82, 2.24) is 15.1 Å². The summed E-state index contributed by atoms with van der Waals surface area (Å²) in [6, 6.07) is 5.97. The van der Waals surface area contributed by atoms with E-state index in [2.05, 4.69) is 12.2 Å². The minimum atomic E-state index is -1.09. The fraction of sp³-hybridized carbons (Fsp3) is 0.433. The molecule has 0 aromatic heterocycles. The van der Waals surface area contributed by atoms with Gasteiger partial charge in [0.1, 0.15) is 11.4 Å². The summed E-state index contributed by atoms with van der Waals surface area (Å²) in [5.41, 5.74) is -0.329. The standard InChI is InChI=1S/C30H40N4O6/c1-6-9-10-11-12-15-20-40-30(37)26-23(22-16-13-14-17-25(22)34(38)39)21-24(28(35)32(4)18-7-2)31-27(26)29(36)33(5)19-8-3/h7-8,13-14,16-19,21,23,31H,6,9-12,15,20H2,1-5H3. The first-order valence-electron chi connectivity index (χ1n) is 13.6. The zero-order chi connectivity index (χ0) is 29.7. The molecule has 2 amide bonds. The number of likely N-dealkylation sites (N-methyl/N-ethyl adjacent to an activating group) is 2. The number of hydrogen-bond donors (Lipinski definition) is 1. The molecule has 0 fully saturated rings. The molecule has 0 saturated heterocycles. The predicted octanol–water partition coefficient (Wildman–Crippen LogP) is 5.31. The SMILES string of the molecule is CC=CN(C)C(=O)C1=CC(c2ccccc2[N+](=O)[O-])C(C(=O)OCCCCCCCC)=C(C(=O)N(C)C=CC)N1. The number of nitrogens with zero attached hydrogens (tertiary/aromatic N) is 3. The van der Waals surface area contributed by atoms with Crippen LogP contribution in [0.15, 0.2) is 71.9 Å². The molecule has 216 valence electrons. The highest BCUT2D eigenvalue weighted by molar-refractivity contribution is 6.07. The zero-order valence-corrected chi connectivity index (χ0v) is 24.0. The van der Waals surface area contributed by atoms with E-state index in [-0.39, 0.29) is 34.8 Å². The highest BCUT2D eigenvalue weighted by Crippen LogP contribution is 2.38. The van der Waals surface area contributed by atoms with Gasteiger partial charge in [-0.05, 0) is 26.3 Å². The van der Waals surface area contributed by atoms with Crippen molar-refractivity contribution < 1.29 is 24.0 Å². The van der Waals surface area contributed by atoms with Gasteiger partial charge in [-0.1, -0.05) is 69.4 Å². The lowest BCUT2D eigenvalue weighted by atomic mass is 9.85. The molecule has 1 unspecified atom stereocenters. The number of nitro groups is 1. The quantitative estimate of drug-likeness (QED) is 0.144. The molecule has 1 aromatic carbocycles. The van der Waals surface area contributed by atoms with Crippen LogP contribution in [0, 0.1) is 10.1 Å². The predicted molar refractivity (Wildman–Crippen MR) is 154 cm³/mol. The van der Waals surface area contributed by atoms with Crippen LogP contribution in [0.3, 0.4) is 0 Å². The minimum Gasteiger partial charge on any atom is -0.462 e. The van der Waals surface area contributed by atoms with Gasteiger partial charge in [0.2, 0.25) is 0 Å². The second-order valence-electron chi connectivity index (χ2n) is 9.49. The van der Waals surface area contributed by atoms with E-state index in [9.17, 15) is 24.5 Å². The third kappa shape index (κ3) is 8.39. The molecule has 10 heteroatoms. The number of carbonyl (C=O) groups excluding carboxylic acids is 3. The summed E-state index contributed by atoms with van der Waals surface area (Å²) in [4.78, 5) is 54.4. The minimum absolute atomic E-state index is 0.00783. The number of carbonyl (C=O) groups is 3. The molecule has 10 nitrogen and oxygen atoms in total. The Bertz CT molecular complexity index is 1200. The lowest BCUT2D eigenvalue weighted by Gasteiger charge is -2.29. The lowest BCUT2D eigenvalue weighted by molar-refractivity contribution is -0.385. The molecule has 40 heavy (non-hydrogen) atoms. The summed E-state index contributed by atoms with van der Waals surface area (Å²) < 4.78 is 5.61. The molecule has 1 aliphatic rings. The van der Waals surface area contributed by atoms with Crippen molar-refractivity contribution in [3.8, 4) is 0 Å². The molecule has 1 atom stereocenters. The van der Waals surface area contributed by atoms with Crippen LogP contribution in [0.2, 0.25) is 0 Å². The van der Waals surface area contributed by atoms with Crippen molar-refractivity contribution in [2.45, 2.75) is 65.2 Å². The van der Waals surface area contributed by atoms with Gasteiger partial charge in [0.15, 0.2) is 0 Å². The normalized spacial score (nSPS) is 15.1. The number of hydrogen-bond acceptors (Lipinski definition) is 7. The number of ether oxygens (including phenoxy) is 1. The highest BCUT2D eigenvalue weighted by atomic mass is 16.6. The Morgan fingerprint density at radius 1 is 0.975 bits per heavy atom. The van der Waals surface area contributed by atoms with Gasteiger partial charge in [0.25, 0.3) is 17.5 Å². The molecule has 1 aromatic rings. The Balaban J connectivity index is 2.62. The molecule has 1 heterocycles. The number of benzene rings is 1. The maximum absolute atomic E-state index is 13.6. The van der Waals surface area contributed by atoms with E-state index in [0.717, 1.165) is 32.1 Å². The molecule has 2 rings (SSSR count). The topological polar surface area (TPSA) is 122 Å². The van der Waals surface area contributed by atoms with E-state index in [1.54, 1.807) is 45.3 Å². The van der Waals surface area contributed by atoms with Crippen molar-refractivity contribution in [2.24, 2.45) is 0 Å². The van der Waals surface area contributed by atoms with Crippen molar-refractivity contribution >= 4 is 23.5 Å². The first-order chi connectivity index (χ1) is 19.2. The summed E-state index contributed by atoms with van der Waals surface area (Å²) in [5, 5.41) is 14.8. The van der Waals surface area contributed by atoms with Crippen LogP contribution in [-0.4, -0.2) is 53.2 Å². The number of nitrogens with one attached hydrogen (secondary N) is 1. The number of amides is 2. The average Bonchev–Trinajstić information content (AvgIpc) is 2.95. The van der Waals surface area contributed by atoms with Crippen molar-refractivity contribution in [3.63, 3.8) is 0 Å². The summed E-state index contributed by atoms with van der Waals surface area (Å²) in [6.45, 7) is 5.77. The number of esters is 1. The molecular weight excluding hydrogens is 512 g/mol. The van der Waals surface area contributed by atoms with Crippen LogP contribution in [0.1, 0.15) is 70.8 Å². The fourth-order valence-corrected chi connectivity index (χ4v) is 4.41. The van der Waals surface area contributed by atoms with Crippen LogP contribution >= 0.6 is 0 Å². The van der Waals surface area contributed by atoms with Gasteiger partial charge in [0.05, 0.1) is 17.1 Å². The summed E-state index contributed by atoms with van der Waals surface area (Å²) in [7, 11) is 3.06. The van der Waals surface area contributed by atoms with Crippen LogP contribution in [0.25, 0.3) is 0 Å². The summed E-state index contributed by atoms with van der Waals surface area (Å²) >= 11 is 0. The van der Waals surface area contributed by atoms with E-state index in [1.807, 2.05) is 0 Å². The summed E-state index contributed by atoms with van der Waals surface area (Å²) in [6.07, 6.45) is 13.8. The van der Waals surface area contributed by atoms with E-state index >= 15 is 0 Å². The molecule has 0 radical (unpaired) electrons. The Kier molecular flexibility index (Phi) is 12.8. The van der Waals surface area contributed by atoms with E-state index in [1.165, 1.54) is 47.3 Å². The van der Waals surface area contributed by atoms with Gasteiger partial charge in [-0.3, -0.25) is 19.7 Å². The number of dihydropyridines is 1. The first kappa shape index (κ1) is 32.0. The number of unbranched alkanes of at least 4 members (excludes halogenated alkanes) is 5. The maximum Gasteiger partial charge on any atom is 0.337 e. The average molecular weight is 553 g/mol. The van der Waals surface area contributed by atoms with Gasteiger partial charge in [0, 0.05) is 44.0 Å². The maximum atomic E-state index is 13.6. The van der Waals surface area contributed by atoms with Crippen LogP contribution in [0.4, 0.5) is 5.69 Å². The number of allylic oxidation sites excluding steroid dienone is 3. The molecule has 0 spiro atoms. The van der Waals surface area contributed by atoms with Crippen LogP contribution < -0.4 is 5.32 Å². The second kappa shape index (κ2) is 16.0. The zero-order valence-electron chi connectivity index (χ0n) is 24.0.